The number of hydrogen-bond donors (Lipinski definition) is 1. The van der Waals surface area contributed by atoms with Crippen LogP contribution in [0.15, 0.2) is 12.4 Å². The van der Waals surface area contributed by atoms with E-state index in [1.807, 2.05) is 6.20 Å². The predicted molar refractivity (Wildman–Crippen MR) is 64.5 cm³/mol. The molecule has 3 heterocycles. The zero-order valence-corrected chi connectivity index (χ0v) is 9.81. The summed E-state index contributed by atoms with van der Waals surface area (Å²) in [5.41, 5.74) is 6.14. The number of rotatable bonds is 1. The van der Waals surface area contributed by atoms with Gasteiger partial charge < -0.3 is 15.2 Å². The molecule has 0 spiro atoms. The highest BCUT2D eigenvalue weighted by atomic mass is 32.1. The summed E-state index contributed by atoms with van der Waals surface area (Å²) in [5, 5.41) is 9.91. The van der Waals surface area contributed by atoms with Gasteiger partial charge in [-0.25, -0.2) is 4.98 Å². The van der Waals surface area contributed by atoms with Crippen molar-refractivity contribution >= 4 is 22.4 Å². The number of nitriles is 1. The van der Waals surface area contributed by atoms with Crippen LogP contribution in [-0.2, 0) is 13.1 Å². The van der Waals surface area contributed by atoms with Crippen LogP contribution in [0.3, 0.4) is 0 Å². The van der Waals surface area contributed by atoms with Crippen molar-refractivity contribution in [3.8, 4) is 6.07 Å². The molecule has 0 saturated carbocycles. The van der Waals surface area contributed by atoms with Gasteiger partial charge in [-0.1, -0.05) is 0 Å². The highest BCUT2D eigenvalue weighted by Crippen LogP contribution is 2.31. The van der Waals surface area contributed by atoms with Gasteiger partial charge in [0.1, 0.15) is 22.5 Å². The SMILES string of the molecule is N#Cc1c(N)nsc1N1CCn2ccnc2C1. The van der Waals surface area contributed by atoms with Crippen LogP contribution in [0.5, 0.6) is 0 Å². The molecule has 0 unspecified atom stereocenters. The fraction of sp³-hybridized carbons (Fsp3) is 0.300. The maximum atomic E-state index is 9.06. The van der Waals surface area contributed by atoms with Crippen molar-refractivity contribution in [3.05, 3.63) is 23.8 Å². The molecule has 2 aromatic heterocycles. The maximum Gasteiger partial charge on any atom is 0.157 e. The zero-order valence-electron chi connectivity index (χ0n) is 9.00. The predicted octanol–water partition coefficient (Wildman–Crippen LogP) is 0.814. The van der Waals surface area contributed by atoms with Gasteiger partial charge in [0.05, 0.1) is 6.54 Å². The first kappa shape index (κ1) is 10.1. The molecule has 0 radical (unpaired) electrons. The van der Waals surface area contributed by atoms with Gasteiger partial charge >= 0.3 is 0 Å². The lowest BCUT2D eigenvalue weighted by atomic mass is 10.3. The molecule has 0 aromatic carbocycles. The highest BCUT2D eigenvalue weighted by Gasteiger charge is 2.22. The molecule has 2 N–H and O–H groups in total. The molecule has 6 nitrogen and oxygen atoms in total. The Kier molecular flexibility index (Phi) is 2.23. The third-order valence-corrected chi connectivity index (χ3v) is 3.77. The van der Waals surface area contributed by atoms with E-state index in [2.05, 4.69) is 24.9 Å². The lowest BCUT2D eigenvalue weighted by Crippen LogP contribution is -2.33. The fourth-order valence-electron chi connectivity index (χ4n) is 1.96. The van der Waals surface area contributed by atoms with E-state index in [4.69, 9.17) is 11.0 Å². The van der Waals surface area contributed by atoms with E-state index >= 15 is 0 Å². The summed E-state index contributed by atoms with van der Waals surface area (Å²) < 4.78 is 6.15. The van der Waals surface area contributed by atoms with E-state index < -0.39 is 0 Å². The first-order chi connectivity index (χ1) is 8.29. The fourth-order valence-corrected chi connectivity index (χ4v) is 2.75. The summed E-state index contributed by atoms with van der Waals surface area (Å²) in [4.78, 5) is 6.39. The molecule has 1 aliphatic heterocycles. The van der Waals surface area contributed by atoms with Gasteiger partial charge in [0.2, 0.25) is 0 Å². The van der Waals surface area contributed by atoms with E-state index in [1.165, 1.54) is 11.5 Å². The van der Waals surface area contributed by atoms with Crippen molar-refractivity contribution in [2.45, 2.75) is 13.1 Å². The summed E-state index contributed by atoms with van der Waals surface area (Å²) in [7, 11) is 0. The van der Waals surface area contributed by atoms with Crippen LogP contribution < -0.4 is 10.6 Å². The molecule has 0 aliphatic carbocycles. The normalized spacial score (nSPS) is 14.4. The lowest BCUT2D eigenvalue weighted by molar-refractivity contribution is 0.562. The van der Waals surface area contributed by atoms with Gasteiger partial charge in [-0.05, 0) is 11.5 Å². The number of nitrogens with two attached hydrogens (primary N) is 1. The third-order valence-electron chi connectivity index (χ3n) is 2.84. The van der Waals surface area contributed by atoms with Crippen molar-refractivity contribution in [1.29, 1.82) is 5.26 Å². The molecule has 3 rings (SSSR count). The van der Waals surface area contributed by atoms with Crippen molar-refractivity contribution in [3.63, 3.8) is 0 Å². The van der Waals surface area contributed by atoms with E-state index in [1.54, 1.807) is 6.20 Å². The minimum Gasteiger partial charge on any atom is -0.382 e. The Bertz CT molecular complexity index is 592. The summed E-state index contributed by atoms with van der Waals surface area (Å²) in [6, 6.07) is 2.11. The second-order valence-corrected chi connectivity index (χ2v) is 4.57. The summed E-state index contributed by atoms with van der Waals surface area (Å²) in [6.07, 6.45) is 3.77. The van der Waals surface area contributed by atoms with Crippen LogP contribution in [0.2, 0.25) is 0 Å². The third kappa shape index (κ3) is 1.54. The molecule has 7 heteroatoms. The zero-order chi connectivity index (χ0) is 11.8. The molecule has 0 fully saturated rings. The van der Waals surface area contributed by atoms with Gasteiger partial charge in [-0.2, -0.15) is 9.64 Å². The molecule has 0 amide bonds. The second-order valence-electron chi connectivity index (χ2n) is 3.82. The Hall–Kier alpha value is -2.07. The van der Waals surface area contributed by atoms with E-state index in [0.717, 1.165) is 23.9 Å². The Morgan fingerprint density at radius 3 is 3.18 bits per heavy atom. The molecule has 0 atom stereocenters. The Labute approximate surface area is 102 Å². The first-order valence-electron chi connectivity index (χ1n) is 5.20. The molecule has 2 aromatic rings. The van der Waals surface area contributed by atoms with E-state index in [0.29, 0.717) is 17.9 Å². The van der Waals surface area contributed by atoms with Gasteiger partial charge in [0, 0.05) is 25.5 Å². The number of imidazole rings is 1. The molecule has 1 aliphatic rings. The largest absolute Gasteiger partial charge is 0.382 e. The lowest BCUT2D eigenvalue weighted by Gasteiger charge is -2.28. The molecule has 0 saturated heterocycles. The van der Waals surface area contributed by atoms with Crippen LogP contribution in [0.1, 0.15) is 11.4 Å². The average Bonchev–Trinajstić information content (AvgIpc) is 2.93. The van der Waals surface area contributed by atoms with Crippen LogP contribution in [-0.4, -0.2) is 20.5 Å². The highest BCUT2D eigenvalue weighted by molar-refractivity contribution is 7.10. The minimum absolute atomic E-state index is 0.321. The Morgan fingerprint density at radius 2 is 2.35 bits per heavy atom. The molecule has 0 bridgehead atoms. The maximum absolute atomic E-state index is 9.06. The number of nitrogens with zero attached hydrogens (tertiary/aromatic N) is 5. The van der Waals surface area contributed by atoms with Crippen LogP contribution in [0, 0.1) is 11.3 Å². The van der Waals surface area contributed by atoms with Crippen LogP contribution in [0.4, 0.5) is 10.8 Å². The van der Waals surface area contributed by atoms with Crippen molar-refractivity contribution in [2.24, 2.45) is 0 Å². The molecule has 86 valence electrons. The Balaban J connectivity index is 1.95. The average molecular weight is 246 g/mol. The molecular weight excluding hydrogens is 236 g/mol. The smallest absolute Gasteiger partial charge is 0.157 e. The number of anilines is 2. The number of nitrogen functional groups attached to an aromatic ring is 1. The Morgan fingerprint density at radius 1 is 1.47 bits per heavy atom. The first-order valence-corrected chi connectivity index (χ1v) is 5.97. The van der Waals surface area contributed by atoms with Gasteiger partial charge in [-0.3, -0.25) is 0 Å². The van der Waals surface area contributed by atoms with Crippen molar-refractivity contribution in [1.82, 2.24) is 13.9 Å². The number of fused-ring (bicyclic) bond motifs is 1. The minimum atomic E-state index is 0.321. The topological polar surface area (TPSA) is 83.8 Å². The summed E-state index contributed by atoms with van der Waals surface area (Å²) >= 11 is 1.28. The van der Waals surface area contributed by atoms with Crippen molar-refractivity contribution < 1.29 is 0 Å². The van der Waals surface area contributed by atoms with E-state index in [9.17, 15) is 0 Å². The summed E-state index contributed by atoms with van der Waals surface area (Å²) in [6.45, 7) is 2.42. The van der Waals surface area contributed by atoms with Gasteiger partial charge in [-0.15, -0.1) is 0 Å². The van der Waals surface area contributed by atoms with Crippen LogP contribution in [0.25, 0.3) is 0 Å². The quantitative estimate of drug-likeness (QED) is 0.805. The molecule has 17 heavy (non-hydrogen) atoms. The standard InChI is InChI=1S/C10H10N6S/c11-5-7-9(12)14-17-10(7)16-4-3-15-2-1-13-8(15)6-16/h1-2H,3-4,6H2,(H2,12,14). The van der Waals surface area contributed by atoms with Gasteiger partial charge in [0.25, 0.3) is 0 Å². The van der Waals surface area contributed by atoms with Crippen molar-refractivity contribution in [2.75, 3.05) is 17.2 Å². The number of hydrogen-bond acceptors (Lipinski definition) is 6. The number of aromatic nitrogens is 3. The van der Waals surface area contributed by atoms with E-state index in [-0.39, 0.29) is 0 Å². The van der Waals surface area contributed by atoms with Gasteiger partial charge in [0.15, 0.2) is 5.82 Å². The second kappa shape index (κ2) is 3.75. The monoisotopic (exact) mass is 246 g/mol. The summed E-state index contributed by atoms with van der Waals surface area (Å²) in [5.74, 6) is 1.33. The molecular formula is C10H10N6S. The van der Waals surface area contributed by atoms with Crippen LogP contribution >= 0.6 is 11.5 Å².